The van der Waals surface area contributed by atoms with Gasteiger partial charge in [0.15, 0.2) is 0 Å². The summed E-state index contributed by atoms with van der Waals surface area (Å²) in [5, 5.41) is 0.265. The second-order valence-corrected chi connectivity index (χ2v) is 30.3. The number of hydrogen-bond acceptors (Lipinski definition) is 1. The van der Waals surface area contributed by atoms with Crippen molar-refractivity contribution in [3.05, 3.63) is 12.3 Å². The van der Waals surface area contributed by atoms with E-state index in [4.69, 9.17) is 4.43 Å². The molecule has 0 aromatic rings. The van der Waals surface area contributed by atoms with Gasteiger partial charge in [-0.3, -0.25) is 0 Å². The van der Waals surface area contributed by atoms with Crippen LogP contribution >= 0.6 is 0 Å². The van der Waals surface area contributed by atoms with E-state index >= 15 is 0 Å². The number of unbranched alkanes of at least 4 members (excludes halogenated alkanes) is 3. The Balaban J connectivity index is 5.90. The second kappa shape index (κ2) is 12.4. The van der Waals surface area contributed by atoms with Crippen LogP contribution in [0.1, 0.15) is 101 Å². The van der Waals surface area contributed by atoms with E-state index in [2.05, 4.69) is 87.7 Å². The second-order valence-electron chi connectivity index (χ2n) is 11.7. The molecule has 0 amide bonds. The van der Waals surface area contributed by atoms with Gasteiger partial charge in [-0.1, -0.05) is 0 Å². The average Bonchev–Trinajstić information content (AvgIpc) is 2.57. The van der Waals surface area contributed by atoms with Crippen LogP contribution in [0, 0.1) is 5.41 Å². The third-order valence-corrected chi connectivity index (χ3v) is 29.8. The molecule has 0 aliphatic carbocycles. The van der Waals surface area contributed by atoms with Crippen molar-refractivity contribution in [2.75, 3.05) is 0 Å². The fourth-order valence-electron chi connectivity index (χ4n) is 4.30. The van der Waals surface area contributed by atoms with Crippen molar-refractivity contribution in [3.8, 4) is 0 Å². The normalized spacial score (nSPS) is 15.2. The molecule has 0 spiro atoms. The topological polar surface area (TPSA) is 9.23 Å². The molecule has 0 heterocycles. The Morgan fingerprint density at radius 2 is 1.18 bits per heavy atom. The van der Waals surface area contributed by atoms with Gasteiger partial charge in [0.1, 0.15) is 0 Å². The van der Waals surface area contributed by atoms with Crippen molar-refractivity contribution in [1.82, 2.24) is 0 Å². The molecule has 28 heavy (non-hydrogen) atoms. The van der Waals surface area contributed by atoms with Crippen LogP contribution in [0.5, 0.6) is 0 Å². The quantitative estimate of drug-likeness (QED) is 0.175. The van der Waals surface area contributed by atoms with Gasteiger partial charge < -0.3 is 0 Å². The fraction of sp³-hybridized carbons (Fsp3) is 0.920. The molecule has 0 saturated carbocycles. The molecular weight excluding hydrogens is 463 g/mol. The van der Waals surface area contributed by atoms with E-state index in [1.165, 1.54) is 38.5 Å². The van der Waals surface area contributed by atoms with Crippen LogP contribution < -0.4 is 0 Å². The molecular formula is C25H54OSiSn. The van der Waals surface area contributed by atoms with Crippen LogP contribution in [0.4, 0.5) is 0 Å². The van der Waals surface area contributed by atoms with Gasteiger partial charge in [-0.05, 0) is 0 Å². The average molecular weight is 518 g/mol. The van der Waals surface area contributed by atoms with E-state index in [0.717, 1.165) is 3.93 Å². The Bertz CT molecular complexity index is 421. The van der Waals surface area contributed by atoms with E-state index in [1.807, 2.05) is 0 Å². The van der Waals surface area contributed by atoms with Gasteiger partial charge in [0.05, 0.1) is 0 Å². The minimum absolute atomic E-state index is 0.265. The first kappa shape index (κ1) is 28.6. The van der Waals surface area contributed by atoms with Gasteiger partial charge in [0, 0.05) is 0 Å². The summed E-state index contributed by atoms with van der Waals surface area (Å²) >= 11 is -2.35. The van der Waals surface area contributed by atoms with Crippen molar-refractivity contribution in [3.63, 3.8) is 0 Å². The number of rotatable bonds is 13. The Hall–Kier alpha value is 0.556. The molecule has 1 atom stereocenters. The molecule has 1 nitrogen and oxygen atoms in total. The van der Waals surface area contributed by atoms with Crippen LogP contribution in [0.25, 0.3) is 0 Å². The molecule has 0 saturated heterocycles. The molecule has 0 aliphatic heterocycles. The van der Waals surface area contributed by atoms with Crippen molar-refractivity contribution in [1.29, 1.82) is 0 Å². The third-order valence-electron chi connectivity index (χ3n) is 7.12. The standard InChI is InChI=1S/C13H27OSi.3C4H9.Sn/c1-12(2,3)10-9-11-14-15(7,8)13(4,5)6;3*1-3-4-2;/h9-11H,1-8H3;3*1,3-4H2,2H3;/b11-9+;;;;. The monoisotopic (exact) mass is 518 g/mol. The van der Waals surface area contributed by atoms with E-state index in [1.54, 1.807) is 13.3 Å². The summed E-state index contributed by atoms with van der Waals surface area (Å²) in [5.41, 5.74) is 0.346. The van der Waals surface area contributed by atoms with Crippen LogP contribution in [0.2, 0.25) is 35.4 Å². The van der Waals surface area contributed by atoms with Gasteiger partial charge in [0.2, 0.25) is 0 Å². The van der Waals surface area contributed by atoms with Crippen molar-refractivity contribution >= 4 is 26.7 Å². The molecule has 0 aromatic heterocycles. The maximum atomic E-state index is 6.52. The van der Waals surface area contributed by atoms with Gasteiger partial charge in [-0.2, -0.15) is 0 Å². The minimum atomic E-state index is -2.35. The van der Waals surface area contributed by atoms with Crippen LogP contribution in [0.3, 0.4) is 0 Å². The Morgan fingerprint density at radius 3 is 1.46 bits per heavy atom. The molecule has 0 rings (SSSR count). The molecule has 0 aliphatic rings. The van der Waals surface area contributed by atoms with Crippen molar-refractivity contribution in [2.24, 2.45) is 5.41 Å². The van der Waals surface area contributed by atoms with E-state index in [-0.39, 0.29) is 5.04 Å². The first-order chi connectivity index (χ1) is 12.8. The summed E-state index contributed by atoms with van der Waals surface area (Å²) in [6.07, 6.45) is 13.1. The van der Waals surface area contributed by atoms with E-state index in [0.29, 0.717) is 5.41 Å². The summed E-state index contributed by atoms with van der Waals surface area (Å²) in [7, 11) is -1.73. The summed E-state index contributed by atoms with van der Waals surface area (Å²) in [6.45, 7) is 26.3. The fourth-order valence-corrected chi connectivity index (χ4v) is 25.6. The summed E-state index contributed by atoms with van der Waals surface area (Å²) < 4.78 is 12.0. The van der Waals surface area contributed by atoms with Crippen LogP contribution in [-0.2, 0) is 4.43 Å². The molecule has 3 heteroatoms. The van der Waals surface area contributed by atoms with Gasteiger partial charge in [0.25, 0.3) is 0 Å². The molecule has 0 radical (unpaired) electrons. The Kier molecular flexibility index (Phi) is 12.7. The van der Waals surface area contributed by atoms with E-state index in [9.17, 15) is 0 Å². The predicted octanol–water partition coefficient (Wildman–Crippen LogP) is 9.79. The SMILES string of the molecule is CCC[CH2][Sn]([CH2]CCC)([CH2]CCC)[CH](/C=C/O[Si](C)(C)C(C)(C)C)C(C)(C)C. The first-order valence-corrected chi connectivity index (χ1v) is 22.7. The Labute approximate surface area is 184 Å². The van der Waals surface area contributed by atoms with Gasteiger partial charge >= 0.3 is 185 Å². The number of allylic oxidation sites excluding steroid dienone is 1. The zero-order chi connectivity index (χ0) is 22.1. The molecule has 0 fully saturated rings. The van der Waals surface area contributed by atoms with Crippen LogP contribution in [0.15, 0.2) is 12.3 Å². The maximum absolute atomic E-state index is 6.52. The first-order valence-electron chi connectivity index (χ1n) is 12.1. The molecule has 0 bridgehead atoms. The van der Waals surface area contributed by atoms with Gasteiger partial charge in [-0.15, -0.1) is 0 Å². The molecule has 1 unspecified atom stereocenters. The summed E-state index contributed by atoms with van der Waals surface area (Å²) in [5.74, 6) is 0. The number of hydrogen-bond donors (Lipinski definition) is 0. The molecule has 0 aromatic carbocycles. The molecule has 0 N–H and O–H groups in total. The summed E-state index contributed by atoms with van der Waals surface area (Å²) in [4.78, 5) is 0. The van der Waals surface area contributed by atoms with Gasteiger partial charge in [-0.25, -0.2) is 0 Å². The predicted molar refractivity (Wildman–Crippen MR) is 136 cm³/mol. The van der Waals surface area contributed by atoms with Crippen molar-refractivity contribution in [2.45, 2.75) is 136 Å². The molecule has 168 valence electrons. The third kappa shape index (κ3) is 9.14. The zero-order valence-electron chi connectivity index (χ0n) is 21.5. The van der Waals surface area contributed by atoms with Crippen LogP contribution in [-0.4, -0.2) is 26.7 Å². The Morgan fingerprint density at radius 1 is 0.786 bits per heavy atom. The van der Waals surface area contributed by atoms with Crippen molar-refractivity contribution < 1.29 is 4.43 Å². The summed E-state index contributed by atoms with van der Waals surface area (Å²) in [6, 6.07) is 0. The zero-order valence-corrected chi connectivity index (χ0v) is 25.4. The van der Waals surface area contributed by atoms with E-state index < -0.39 is 26.7 Å².